The Balaban J connectivity index is 1.50. The quantitative estimate of drug-likeness (QED) is 0.0771. The lowest BCUT2D eigenvalue weighted by Gasteiger charge is -2.27. The Morgan fingerprint density at radius 1 is 0.814 bits per heavy atom. The molecule has 0 amide bonds. The standard InChI is InChI=1S/C47H56N2O8S2/c1-6-7-12-29-48-40-18-11-10-17-38(40)46(2,3)42(48)27-23-33-15-8-9-16-34(44(33)35-19-21-36(22-20-35)45(50)51)24-28-43-47(4,5)39-32-37(59(55,56)57)25-26-41(39)49(43)30-13-14-31-58(52,53)54/h10-11,17-28,32H,6-9,12-16,29-31H2,1-5H3,(H2-,50,51,52,53,54,55,56,57)/p+1. The molecule has 1 aliphatic carbocycles. The molecule has 3 aromatic rings. The van der Waals surface area contributed by atoms with Gasteiger partial charge >= 0.3 is 5.97 Å². The molecule has 2 aliphatic heterocycles. The number of carboxylic acids is 1. The molecule has 0 atom stereocenters. The molecule has 3 aromatic carbocycles. The number of unbranched alkanes of at least 4 members (excludes halogenated alkanes) is 3. The van der Waals surface area contributed by atoms with Crippen molar-refractivity contribution in [3.05, 3.63) is 130 Å². The van der Waals surface area contributed by atoms with E-state index in [0.717, 1.165) is 85.2 Å². The molecular weight excluding hydrogens is 785 g/mol. The first-order valence-electron chi connectivity index (χ1n) is 20.6. The van der Waals surface area contributed by atoms with Crippen LogP contribution in [-0.2, 0) is 31.1 Å². The SMILES string of the molecule is CCCCC[N+]1=C(/C=C/C2=C(c3ccc(C(=O)O)cc3)C(=C/C=C3/N(CCCCS(=O)(=O)O)c4ccc(S(=O)(=O)O)cc4C3(C)C)/CCCC2)C(C)(C)c2ccccc21. The maximum atomic E-state index is 12.2. The summed E-state index contributed by atoms with van der Waals surface area (Å²) in [7, 11) is -8.61. The third-order valence-corrected chi connectivity index (χ3v) is 13.7. The minimum Gasteiger partial charge on any atom is -0.478 e. The van der Waals surface area contributed by atoms with Gasteiger partial charge in [0, 0.05) is 47.5 Å². The second kappa shape index (κ2) is 17.5. The molecule has 12 heteroatoms. The van der Waals surface area contributed by atoms with E-state index in [1.54, 1.807) is 18.2 Å². The molecule has 0 bridgehead atoms. The number of nitrogens with zero attached hydrogens (tertiary/aromatic N) is 2. The summed E-state index contributed by atoms with van der Waals surface area (Å²) in [4.78, 5) is 13.8. The van der Waals surface area contributed by atoms with Crippen LogP contribution in [0.1, 0.15) is 119 Å². The van der Waals surface area contributed by atoms with Crippen molar-refractivity contribution in [3.63, 3.8) is 0 Å². The van der Waals surface area contributed by atoms with Gasteiger partial charge in [0.1, 0.15) is 6.54 Å². The van der Waals surface area contributed by atoms with E-state index < -0.39 is 31.6 Å². The predicted molar refractivity (Wildman–Crippen MR) is 235 cm³/mol. The van der Waals surface area contributed by atoms with Gasteiger partial charge in [0.25, 0.3) is 20.2 Å². The molecule has 0 saturated heterocycles. The van der Waals surface area contributed by atoms with Crippen LogP contribution < -0.4 is 4.90 Å². The number of allylic oxidation sites excluding steroid dienone is 8. The highest BCUT2D eigenvalue weighted by molar-refractivity contribution is 7.86. The van der Waals surface area contributed by atoms with Crippen molar-refractivity contribution in [2.75, 3.05) is 23.7 Å². The minimum atomic E-state index is -4.48. The maximum absolute atomic E-state index is 12.2. The molecule has 59 heavy (non-hydrogen) atoms. The van der Waals surface area contributed by atoms with E-state index in [1.165, 1.54) is 29.1 Å². The van der Waals surface area contributed by atoms with Crippen LogP contribution in [0.25, 0.3) is 5.57 Å². The molecule has 314 valence electrons. The number of fused-ring (bicyclic) bond motifs is 2. The van der Waals surface area contributed by atoms with Crippen molar-refractivity contribution in [1.29, 1.82) is 0 Å². The van der Waals surface area contributed by atoms with Crippen LogP contribution in [0, 0.1) is 0 Å². The lowest BCUT2D eigenvalue weighted by molar-refractivity contribution is -0.438. The lowest BCUT2D eigenvalue weighted by Crippen LogP contribution is -2.28. The van der Waals surface area contributed by atoms with E-state index in [-0.39, 0.29) is 28.0 Å². The van der Waals surface area contributed by atoms with Crippen molar-refractivity contribution in [3.8, 4) is 0 Å². The fourth-order valence-electron chi connectivity index (χ4n) is 8.94. The number of benzene rings is 3. The van der Waals surface area contributed by atoms with Gasteiger partial charge in [-0.1, -0.05) is 69.7 Å². The first-order valence-corrected chi connectivity index (χ1v) is 23.7. The van der Waals surface area contributed by atoms with Crippen LogP contribution in [0.3, 0.4) is 0 Å². The summed E-state index contributed by atoms with van der Waals surface area (Å²) < 4.78 is 69.3. The van der Waals surface area contributed by atoms with Gasteiger partial charge in [-0.15, -0.1) is 0 Å². The van der Waals surface area contributed by atoms with E-state index in [2.05, 4.69) is 78.8 Å². The zero-order valence-electron chi connectivity index (χ0n) is 34.7. The Morgan fingerprint density at radius 2 is 1.53 bits per heavy atom. The molecule has 0 saturated carbocycles. The Labute approximate surface area is 349 Å². The Morgan fingerprint density at radius 3 is 2.20 bits per heavy atom. The normalized spacial score (nSPS) is 19.2. The summed E-state index contributed by atoms with van der Waals surface area (Å²) in [6.45, 7) is 12.1. The lowest BCUT2D eigenvalue weighted by atomic mass is 9.81. The molecule has 0 aromatic heterocycles. The van der Waals surface area contributed by atoms with Crippen molar-refractivity contribution in [2.45, 2.75) is 108 Å². The molecule has 6 rings (SSSR count). The van der Waals surface area contributed by atoms with Gasteiger partial charge in [-0.2, -0.15) is 21.4 Å². The monoisotopic (exact) mass is 841 g/mol. The van der Waals surface area contributed by atoms with Gasteiger partial charge in [-0.3, -0.25) is 9.11 Å². The third kappa shape index (κ3) is 9.56. The molecule has 2 heterocycles. The van der Waals surface area contributed by atoms with E-state index in [9.17, 15) is 35.8 Å². The Bertz CT molecular complexity index is 2490. The second-order valence-corrected chi connectivity index (χ2v) is 19.9. The van der Waals surface area contributed by atoms with Crippen LogP contribution in [0.5, 0.6) is 0 Å². The average Bonchev–Trinajstić information content (AvgIpc) is 3.39. The first kappa shape index (κ1) is 43.9. The summed E-state index contributed by atoms with van der Waals surface area (Å²) >= 11 is 0. The van der Waals surface area contributed by atoms with Gasteiger partial charge in [-0.25, -0.2) is 4.79 Å². The number of hydrogen-bond donors (Lipinski definition) is 3. The summed E-state index contributed by atoms with van der Waals surface area (Å²) in [6, 6.07) is 20.2. The summed E-state index contributed by atoms with van der Waals surface area (Å²) in [5.41, 5.74) is 9.55. The number of hydrogen-bond acceptors (Lipinski definition) is 6. The largest absolute Gasteiger partial charge is 0.478 e. The van der Waals surface area contributed by atoms with Crippen LogP contribution in [-0.4, -0.2) is 66.1 Å². The van der Waals surface area contributed by atoms with E-state index in [4.69, 9.17) is 0 Å². The van der Waals surface area contributed by atoms with Crippen molar-refractivity contribution in [2.24, 2.45) is 0 Å². The number of para-hydroxylation sites is 1. The van der Waals surface area contributed by atoms with E-state index in [0.29, 0.717) is 18.5 Å². The highest BCUT2D eigenvalue weighted by atomic mass is 32.2. The topological polar surface area (TPSA) is 152 Å². The Kier molecular flexibility index (Phi) is 13.1. The van der Waals surface area contributed by atoms with Gasteiger partial charge in [0.15, 0.2) is 5.71 Å². The number of carbonyl (C=O) groups is 1. The van der Waals surface area contributed by atoms with Crippen LogP contribution in [0.2, 0.25) is 0 Å². The molecule has 0 radical (unpaired) electrons. The molecule has 0 unspecified atom stereocenters. The number of anilines is 1. The summed E-state index contributed by atoms with van der Waals surface area (Å²) in [5, 5.41) is 9.75. The van der Waals surface area contributed by atoms with E-state index in [1.807, 2.05) is 26.0 Å². The fraction of sp³-hybridized carbons (Fsp3) is 0.404. The summed E-state index contributed by atoms with van der Waals surface area (Å²) in [6.07, 6.45) is 16.2. The average molecular weight is 842 g/mol. The van der Waals surface area contributed by atoms with E-state index >= 15 is 0 Å². The molecule has 0 fully saturated rings. The van der Waals surface area contributed by atoms with Gasteiger partial charge in [0.05, 0.1) is 21.6 Å². The molecule has 3 aliphatic rings. The number of aromatic carboxylic acids is 1. The Hall–Kier alpha value is -4.62. The predicted octanol–water partition coefficient (Wildman–Crippen LogP) is 10.1. The number of carboxylic acid groups (broad SMARTS) is 1. The molecular formula is C47H57N2O8S2+. The highest BCUT2D eigenvalue weighted by Gasteiger charge is 2.44. The zero-order valence-corrected chi connectivity index (χ0v) is 36.4. The highest BCUT2D eigenvalue weighted by Crippen LogP contribution is 2.49. The molecule has 0 spiro atoms. The van der Waals surface area contributed by atoms with Crippen molar-refractivity contribution < 1.29 is 40.4 Å². The molecule has 10 nitrogen and oxygen atoms in total. The summed E-state index contributed by atoms with van der Waals surface area (Å²) in [5.74, 6) is -1.36. The van der Waals surface area contributed by atoms with Crippen molar-refractivity contribution in [1.82, 2.24) is 0 Å². The number of rotatable bonds is 15. The molecule has 3 N–H and O–H groups in total. The first-order chi connectivity index (χ1) is 27.8. The van der Waals surface area contributed by atoms with Crippen molar-refractivity contribution >= 4 is 48.9 Å². The van der Waals surface area contributed by atoms with Crippen LogP contribution >= 0.6 is 0 Å². The third-order valence-electron chi connectivity index (χ3n) is 12.1. The maximum Gasteiger partial charge on any atom is 0.335 e. The van der Waals surface area contributed by atoms with Crippen LogP contribution in [0.4, 0.5) is 11.4 Å². The second-order valence-electron chi connectivity index (χ2n) is 16.9. The minimum absolute atomic E-state index is 0.204. The van der Waals surface area contributed by atoms with Crippen LogP contribution in [0.15, 0.2) is 113 Å². The smallest absolute Gasteiger partial charge is 0.335 e. The fourth-order valence-corrected chi connectivity index (χ4v) is 10.0. The van der Waals surface area contributed by atoms with Gasteiger partial charge in [0.2, 0.25) is 5.69 Å². The zero-order chi connectivity index (χ0) is 42.8. The van der Waals surface area contributed by atoms with Gasteiger partial charge in [-0.05, 0) is 123 Å². The van der Waals surface area contributed by atoms with Gasteiger partial charge < -0.3 is 10.0 Å².